The van der Waals surface area contributed by atoms with E-state index in [2.05, 4.69) is 0 Å². The zero-order valence-corrected chi connectivity index (χ0v) is 13.3. The van der Waals surface area contributed by atoms with Gasteiger partial charge in [0.1, 0.15) is 17.1 Å². The van der Waals surface area contributed by atoms with Crippen LogP contribution in [-0.4, -0.2) is 18.5 Å². The van der Waals surface area contributed by atoms with Gasteiger partial charge < -0.3 is 20.6 Å². The SMILES string of the molecule is CCOC(=O)c1cc(-c2ccc(Cl)cc2)oc1C(N)CC(N)=O. The predicted molar refractivity (Wildman–Crippen MR) is 85.9 cm³/mol. The van der Waals surface area contributed by atoms with Crippen molar-refractivity contribution in [2.24, 2.45) is 11.5 Å². The van der Waals surface area contributed by atoms with Gasteiger partial charge in [0.2, 0.25) is 5.91 Å². The van der Waals surface area contributed by atoms with E-state index in [-0.39, 0.29) is 24.4 Å². The highest BCUT2D eigenvalue weighted by atomic mass is 35.5. The first-order chi connectivity index (χ1) is 10.9. The Bertz CT molecular complexity index is 709. The highest BCUT2D eigenvalue weighted by Crippen LogP contribution is 2.31. The van der Waals surface area contributed by atoms with Gasteiger partial charge in [0.05, 0.1) is 12.6 Å². The van der Waals surface area contributed by atoms with Crippen LogP contribution in [0.5, 0.6) is 0 Å². The van der Waals surface area contributed by atoms with Crippen LogP contribution in [0.1, 0.15) is 35.5 Å². The first-order valence-electron chi connectivity index (χ1n) is 7.03. The molecule has 0 saturated heterocycles. The van der Waals surface area contributed by atoms with E-state index < -0.39 is 17.9 Å². The summed E-state index contributed by atoms with van der Waals surface area (Å²) in [5.74, 6) is -0.546. The van der Waals surface area contributed by atoms with Gasteiger partial charge in [0.15, 0.2) is 0 Å². The van der Waals surface area contributed by atoms with Crippen molar-refractivity contribution in [2.45, 2.75) is 19.4 Å². The minimum Gasteiger partial charge on any atom is -0.462 e. The molecule has 7 heteroatoms. The molecule has 122 valence electrons. The third-order valence-electron chi connectivity index (χ3n) is 3.14. The Morgan fingerprint density at radius 2 is 1.96 bits per heavy atom. The number of amides is 1. The van der Waals surface area contributed by atoms with Crippen LogP contribution in [0.3, 0.4) is 0 Å². The average Bonchev–Trinajstić information content (AvgIpc) is 2.93. The van der Waals surface area contributed by atoms with Crippen molar-refractivity contribution < 1.29 is 18.7 Å². The summed E-state index contributed by atoms with van der Waals surface area (Å²) in [4.78, 5) is 23.2. The number of esters is 1. The molecule has 1 heterocycles. The second kappa shape index (κ2) is 7.30. The molecular weight excluding hydrogens is 320 g/mol. The summed E-state index contributed by atoms with van der Waals surface area (Å²) in [6.45, 7) is 1.91. The fourth-order valence-electron chi connectivity index (χ4n) is 2.11. The molecule has 4 N–H and O–H groups in total. The Labute approximate surface area is 138 Å². The summed E-state index contributed by atoms with van der Waals surface area (Å²) in [5.41, 5.74) is 12.0. The molecule has 0 saturated carbocycles. The maximum absolute atomic E-state index is 12.1. The van der Waals surface area contributed by atoms with E-state index in [0.717, 1.165) is 5.56 Å². The smallest absolute Gasteiger partial charge is 0.341 e. The van der Waals surface area contributed by atoms with Crippen LogP contribution in [-0.2, 0) is 9.53 Å². The number of carbonyl (C=O) groups is 2. The van der Waals surface area contributed by atoms with Gasteiger partial charge in [0.25, 0.3) is 0 Å². The lowest BCUT2D eigenvalue weighted by Crippen LogP contribution is -2.22. The highest BCUT2D eigenvalue weighted by Gasteiger charge is 2.25. The number of furan rings is 1. The standard InChI is InChI=1S/C16H17ClN2O4/c1-2-22-16(21)11-7-13(9-3-5-10(17)6-4-9)23-15(11)12(18)8-14(19)20/h3-7,12H,2,8,18H2,1H3,(H2,19,20). The molecule has 0 aliphatic rings. The summed E-state index contributed by atoms with van der Waals surface area (Å²) >= 11 is 5.86. The van der Waals surface area contributed by atoms with E-state index >= 15 is 0 Å². The maximum Gasteiger partial charge on any atom is 0.341 e. The predicted octanol–water partition coefficient (Wildman–Crippen LogP) is 2.65. The number of carbonyl (C=O) groups excluding carboxylic acids is 2. The number of nitrogens with two attached hydrogens (primary N) is 2. The Balaban J connectivity index is 2.44. The van der Waals surface area contributed by atoms with Crippen LogP contribution in [0.4, 0.5) is 0 Å². The molecule has 0 aliphatic heterocycles. The molecule has 1 unspecified atom stereocenters. The monoisotopic (exact) mass is 336 g/mol. The molecule has 1 aromatic heterocycles. The van der Waals surface area contributed by atoms with E-state index in [0.29, 0.717) is 10.8 Å². The molecule has 6 nitrogen and oxygen atoms in total. The lowest BCUT2D eigenvalue weighted by atomic mass is 10.1. The molecule has 2 aromatic rings. The van der Waals surface area contributed by atoms with Gasteiger partial charge in [-0.2, -0.15) is 0 Å². The number of benzene rings is 1. The van der Waals surface area contributed by atoms with Crippen molar-refractivity contribution in [1.29, 1.82) is 0 Å². The average molecular weight is 337 g/mol. The first kappa shape index (κ1) is 17.1. The quantitative estimate of drug-likeness (QED) is 0.788. The van der Waals surface area contributed by atoms with Crippen molar-refractivity contribution >= 4 is 23.5 Å². The number of ether oxygens (including phenoxy) is 1. The number of halogens is 1. The molecule has 1 atom stereocenters. The lowest BCUT2D eigenvalue weighted by molar-refractivity contribution is -0.118. The molecule has 0 aliphatic carbocycles. The third kappa shape index (κ3) is 4.12. The molecule has 2 rings (SSSR count). The fourth-order valence-corrected chi connectivity index (χ4v) is 2.24. The highest BCUT2D eigenvalue weighted by molar-refractivity contribution is 6.30. The van der Waals surface area contributed by atoms with Crippen LogP contribution >= 0.6 is 11.6 Å². The number of hydrogen-bond acceptors (Lipinski definition) is 5. The minimum atomic E-state index is -0.826. The van der Waals surface area contributed by atoms with E-state index in [1.54, 1.807) is 31.2 Å². The fraction of sp³-hybridized carbons (Fsp3) is 0.250. The molecule has 23 heavy (non-hydrogen) atoms. The van der Waals surface area contributed by atoms with Gasteiger partial charge in [-0.05, 0) is 37.3 Å². The van der Waals surface area contributed by atoms with Crippen LogP contribution in [0.15, 0.2) is 34.7 Å². The van der Waals surface area contributed by atoms with Crippen molar-refractivity contribution in [3.05, 3.63) is 46.7 Å². The lowest BCUT2D eigenvalue weighted by Gasteiger charge is -2.08. The van der Waals surface area contributed by atoms with Crippen molar-refractivity contribution in [3.8, 4) is 11.3 Å². The maximum atomic E-state index is 12.1. The van der Waals surface area contributed by atoms with Crippen molar-refractivity contribution in [3.63, 3.8) is 0 Å². The molecule has 0 bridgehead atoms. The summed E-state index contributed by atoms with van der Waals surface area (Å²) in [6, 6.07) is 7.61. The van der Waals surface area contributed by atoms with Gasteiger partial charge in [0, 0.05) is 17.0 Å². The minimum absolute atomic E-state index is 0.139. The third-order valence-corrected chi connectivity index (χ3v) is 3.39. The zero-order chi connectivity index (χ0) is 17.0. The van der Waals surface area contributed by atoms with Crippen LogP contribution in [0, 0.1) is 0 Å². The van der Waals surface area contributed by atoms with Crippen LogP contribution in [0.25, 0.3) is 11.3 Å². The Morgan fingerprint density at radius 1 is 1.30 bits per heavy atom. The summed E-state index contributed by atoms with van der Waals surface area (Å²) < 4.78 is 10.7. The Hall–Kier alpha value is -2.31. The molecule has 0 fully saturated rings. The van der Waals surface area contributed by atoms with E-state index in [4.69, 9.17) is 32.2 Å². The van der Waals surface area contributed by atoms with Gasteiger partial charge in [-0.3, -0.25) is 4.79 Å². The van der Waals surface area contributed by atoms with E-state index in [9.17, 15) is 9.59 Å². The van der Waals surface area contributed by atoms with E-state index in [1.165, 1.54) is 6.07 Å². The van der Waals surface area contributed by atoms with Gasteiger partial charge in [-0.15, -0.1) is 0 Å². The molecule has 1 amide bonds. The topological polar surface area (TPSA) is 109 Å². The molecule has 1 aromatic carbocycles. The second-order valence-corrected chi connectivity index (χ2v) is 5.33. The van der Waals surface area contributed by atoms with E-state index in [1.807, 2.05) is 0 Å². The van der Waals surface area contributed by atoms with Gasteiger partial charge in [-0.1, -0.05) is 11.6 Å². The van der Waals surface area contributed by atoms with Crippen LogP contribution < -0.4 is 11.5 Å². The van der Waals surface area contributed by atoms with Gasteiger partial charge >= 0.3 is 5.97 Å². The second-order valence-electron chi connectivity index (χ2n) is 4.89. The van der Waals surface area contributed by atoms with Crippen molar-refractivity contribution in [1.82, 2.24) is 0 Å². The summed E-state index contributed by atoms with van der Waals surface area (Å²) in [5, 5.41) is 0.580. The molecule has 0 radical (unpaired) electrons. The normalized spacial score (nSPS) is 12.0. The van der Waals surface area contributed by atoms with Crippen molar-refractivity contribution in [2.75, 3.05) is 6.61 Å². The number of rotatable bonds is 6. The number of primary amides is 1. The largest absolute Gasteiger partial charge is 0.462 e. The molecule has 0 spiro atoms. The first-order valence-corrected chi connectivity index (χ1v) is 7.40. The summed E-state index contributed by atoms with van der Waals surface area (Å²) in [7, 11) is 0. The Kier molecular flexibility index (Phi) is 5.41. The van der Waals surface area contributed by atoms with Gasteiger partial charge in [-0.25, -0.2) is 4.79 Å². The summed E-state index contributed by atoms with van der Waals surface area (Å²) in [6.07, 6.45) is -0.139. The van der Waals surface area contributed by atoms with Crippen LogP contribution in [0.2, 0.25) is 5.02 Å². The number of hydrogen-bond donors (Lipinski definition) is 2. The Morgan fingerprint density at radius 3 is 2.52 bits per heavy atom. The molecular formula is C16H17ClN2O4. The zero-order valence-electron chi connectivity index (χ0n) is 12.5.